The monoisotopic (exact) mass is 496 g/mol. The van der Waals surface area contributed by atoms with E-state index in [9.17, 15) is 0 Å². The van der Waals surface area contributed by atoms with E-state index in [2.05, 4.69) is 82.5 Å². The Morgan fingerprint density at radius 3 is 2.45 bits per heavy atom. The Morgan fingerprint density at radius 1 is 0.816 bits per heavy atom. The van der Waals surface area contributed by atoms with Crippen molar-refractivity contribution >= 4 is 43.4 Å². The van der Waals surface area contributed by atoms with Crippen LogP contribution in [0.25, 0.3) is 65.7 Å². The molecule has 7 nitrogen and oxygen atoms in total. The second-order valence-corrected chi connectivity index (χ2v) is 10.4. The maximum absolute atomic E-state index is 6.26. The number of fused-ring (bicyclic) bond motifs is 11. The SMILES string of the molecule is Cc1nc2c3ccc(-c4ccc5c6c(ccc5c4)-c4nc(C(C)C)[nH]c4CO6)cc3c3c[nH]ncc3c2n1. The third-order valence-electron chi connectivity index (χ3n) is 7.62. The Labute approximate surface area is 217 Å². The number of H-pyrrole nitrogens is 2. The zero-order valence-corrected chi connectivity index (χ0v) is 21.3. The summed E-state index contributed by atoms with van der Waals surface area (Å²) in [7, 11) is 0. The fourth-order valence-corrected chi connectivity index (χ4v) is 5.74. The van der Waals surface area contributed by atoms with Crippen molar-refractivity contribution in [2.75, 3.05) is 0 Å². The fourth-order valence-electron chi connectivity index (χ4n) is 5.74. The van der Waals surface area contributed by atoms with Crippen LogP contribution in [-0.4, -0.2) is 30.1 Å². The molecule has 4 heterocycles. The van der Waals surface area contributed by atoms with E-state index in [-0.39, 0.29) is 0 Å². The first-order valence-corrected chi connectivity index (χ1v) is 12.9. The summed E-state index contributed by atoms with van der Waals surface area (Å²) in [6.07, 6.45) is 3.79. The largest absolute Gasteiger partial charge is 0.486 e. The molecule has 38 heavy (non-hydrogen) atoms. The van der Waals surface area contributed by atoms with Crippen LogP contribution < -0.4 is 4.74 Å². The lowest BCUT2D eigenvalue weighted by Crippen LogP contribution is -2.05. The predicted molar refractivity (Wildman–Crippen MR) is 150 cm³/mol. The van der Waals surface area contributed by atoms with E-state index >= 15 is 0 Å². The molecule has 2 N–H and O–H groups in total. The van der Waals surface area contributed by atoms with Crippen molar-refractivity contribution in [3.63, 3.8) is 0 Å². The van der Waals surface area contributed by atoms with Crippen molar-refractivity contribution in [2.45, 2.75) is 33.3 Å². The summed E-state index contributed by atoms with van der Waals surface area (Å²) in [4.78, 5) is 17.7. The van der Waals surface area contributed by atoms with Crippen molar-refractivity contribution in [3.05, 3.63) is 78.3 Å². The molecule has 1 aliphatic rings. The van der Waals surface area contributed by atoms with Crippen LogP contribution in [-0.2, 0) is 6.61 Å². The van der Waals surface area contributed by atoms with Crippen molar-refractivity contribution in [1.82, 2.24) is 30.1 Å². The number of aryl methyl sites for hydroxylation is 1. The van der Waals surface area contributed by atoms with E-state index in [0.717, 1.165) is 88.8 Å². The number of nitrogens with zero attached hydrogens (tertiary/aromatic N) is 4. The number of hydrogen-bond acceptors (Lipinski definition) is 5. The summed E-state index contributed by atoms with van der Waals surface area (Å²) in [5, 5.41) is 13.8. The van der Waals surface area contributed by atoms with Crippen LogP contribution in [0.4, 0.5) is 0 Å². The average Bonchev–Trinajstić information content (AvgIpc) is 3.56. The molecule has 3 aromatic heterocycles. The van der Waals surface area contributed by atoms with Gasteiger partial charge in [0, 0.05) is 39.2 Å². The number of ether oxygens (including phenoxy) is 1. The van der Waals surface area contributed by atoms with Gasteiger partial charge in [0.15, 0.2) is 0 Å². The molecule has 7 aromatic rings. The Kier molecular flexibility index (Phi) is 4.27. The van der Waals surface area contributed by atoms with Gasteiger partial charge in [-0.3, -0.25) is 5.10 Å². The summed E-state index contributed by atoms with van der Waals surface area (Å²) >= 11 is 0. The summed E-state index contributed by atoms with van der Waals surface area (Å²) in [6, 6.07) is 17.5. The normalized spacial score (nSPS) is 12.9. The van der Waals surface area contributed by atoms with Crippen LogP contribution in [0.5, 0.6) is 5.75 Å². The number of nitrogens with one attached hydrogen (secondary N) is 2. The zero-order valence-electron chi connectivity index (χ0n) is 21.3. The van der Waals surface area contributed by atoms with Crippen LogP contribution in [0.2, 0.25) is 0 Å². The highest BCUT2D eigenvalue weighted by Crippen LogP contribution is 2.43. The Bertz CT molecular complexity index is 2080. The molecule has 0 fully saturated rings. The van der Waals surface area contributed by atoms with Gasteiger partial charge in [0.25, 0.3) is 0 Å². The standard InChI is InChI=1S/C31H24N6O/c1-15(2)31-36-26-14-38-30-20-7-4-17(10-19(20)6-9-22(30)27(26)37-31)18-5-8-21-23(11-18)24-12-32-33-13-25(24)29-28(21)34-16(3)35-29/h4-13,15,32H,14H2,1-3H3,(H,36,37). The Hall–Kier alpha value is -4.78. The van der Waals surface area contributed by atoms with E-state index in [4.69, 9.17) is 14.7 Å². The summed E-state index contributed by atoms with van der Waals surface area (Å²) in [5.74, 6) is 3.02. The van der Waals surface area contributed by atoms with Gasteiger partial charge in [-0.25, -0.2) is 15.0 Å². The Balaban J connectivity index is 1.29. The molecule has 184 valence electrons. The van der Waals surface area contributed by atoms with Crippen molar-refractivity contribution in [3.8, 4) is 28.1 Å². The van der Waals surface area contributed by atoms with Gasteiger partial charge in [-0.2, -0.15) is 5.10 Å². The number of benzene rings is 4. The van der Waals surface area contributed by atoms with Gasteiger partial charge in [0.1, 0.15) is 29.5 Å². The smallest absolute Gasteiger partial charge is 0.137 e. The van der Waals surface area contributed by atoms with Gasteiger partial charge in [0.2, 0.25) is 0 Å². The number of imidazole rings is 2. The third kappa shape index (κ3) is 2.96. The topological polar surface area (TPSA) is 92.4 Å². The first-order chi connectivity index (χ1) is 18.5. The van der Waals surface area contributed by atoms with Crippen molar-refractivity contribution < 1.29 is 4.74 Å². The first kappa shape index (κ1) is 21.3. The average molecular weight is 497 g/mol. The van der Waals surface area contributed by atoms with Crippen molar-refractivity contribution in [1.29, 1.82) is 0 Å². The second kappa shape index (κ2) is 7.61. The van der Waals surface area contributed by atoms with Gasteiger partial charge in [-0.05, 0) is 47.0 Å². The molecular weight excluding hydrogens is 472 g/mol. The summed E-state index contributed by atoms with van der Waals surface area (Å²) in [6.45, 7) is 6.73. The molecule has 0 radical (unpaired) electrons. The van der Waals surface area contributed by atoms with Crippen LogP contribution in [0.3, 0.4) is 0 Å². The first-order valence-electron chi connectivity index (χ1n) is 12.9. The molecule has 1 aliphatic heterocycles. The van der Waals surface area contributed by atoms with Gasteiger partial charge in [0.05, 0.1) is 23.1 Å². The van der Waals surface area contributed by atoms with Gasteiger partial charge in [-0.15, -0.1) is 0 Å². The number of aromatic nitrogens is 6. The Morgan fingerprint density at radius 2 is 1.61 bits per heavy atom. The fraction of sp³-hybridized carbons (Fsp3) is 0.161. The summed E-state index contributed by atoms with van der Waals surface area (Å²) in [5.41, 5.74) is 7.21. The van der Waals surface area contributed by atoms with Crippen LogP contribution in [0.1, 0.15) is 37.1 Å². The minimum absolute atomic E-state index is 0.339. The van der Waals surface area contributed by atoms with E-state index < -0.39 is 0 Å². The number of hydrogen-bond donors (Lipinski definition) is 2. The van der Waals surface area contributed by atoms with Crippen LogP contribution in [0.15, 0.2) is 60.9 Å². The molecule has 0 bridgehead atoms. The lowest BCUT2D eigenvalue weighted by molar-refractivity contribution is 0.301. The highest BCUT2D eigenvalue weighted by atomic mass is 16.5. The third-order valence-corrected chi connectivity index (χ3v) is 7.62. The molecule has 0 unspecified atom stereocenters. The van der Waals surface area contributed by atoms with Crippen LogP contribution >= 0.6 is 0 Å². The molecule has 0 aliphatic carbocycles. The molecule has 0 spiro atoms. The lowest BCUT2D eigenvalue weighted by atomic mass is 9.94. The lowest BCUT2D eigenvalue weighted by Gasteiger charge is -2.19. The second-order valence-electron chi connectivity index (χ2n) is 10.4. The highest BCUT2D eigenvalue weighted by molar-refractivity contribution is 6.23. The molecule has 0 amide bonds. The van der Waals surface area contributed by atoms with Crippen molar-refractivity contribution in [2.24, 2.45) is 0 Å². The van der Waals surface area contributed by atoms with Gasteiger partial charge in [-0.1, -0.05) is 44.2 Å². The van der Waals surface area contributed by atoms with Crippen LogP contribution in [0, 0.1) is 6.92 Å². The van der Waals surface area contributed by atoms with E-state index in [0.29, 0.717) is 12.5 Å². The molecule has 0 saturated heterocycles. The number of aromatic amines is 2. The number of rotatable bonds is 2. The molecular formula is C31H24N6O. The molecule has 4 aromatic carbocycles. The van der Waals surface area contributed by atoms with E-state index in [1.165, 1.54) is 0 Å². The highest BCUT2D eigenvalue weighted by Gasteiger charge is 2.24. The van der Waals surface area contributed by atoms with Gasteiger partial charge >= 0.3 is 0 Å². The maximum atomic E-state index is 6.26. The van der Waals surface area contributed by atoms with E-state index in [1.54, 1.807) is 0 Å². The minimum Gasteiger partial charge on any atom is -0.486 e. The molecule has 0 atom stereocenters. The predicted octanol–water partition coefficient (Wildman–Crippen LogP) is 7.19. The molecule has 8 rings (SSSR count). The maximum Gasteiger partial charge on any atom is 0.137 e. The quantitative estimate of drug-likeness (QED) is 0.247. The summed E-state index contributed by atoms with van der Waals surface area (Å²) < 4.78 is 6.26. The molecule has 0 saturated carbocycles. The molecule has 7 heteroatoms. The van der Waals surface area contributed by atoms with Gasteiger partial charge < -0.3 is 9.72 Å². The van der Waals surface area contributed by atoms with E-state index in [1.807, 2.05) is 19.3 Å². The zero-order chi connectivity index (χ0) is 25.5. The minimum atomic E-state index is 0.339.